The van der Waals surface area contributed by atoms with Crippen molar-refractivity contribution in [2.75, 3.05) is 0 Å². The summed E-state index contributed by atoms with van der Waals surface area (Å²) in [6.45, 7) is 1.73. The molecule has 0 saturated carbocycles. The van der Waals surface area contributed by atoms with Crippen LogP contribution in [0.4, 0.5) is 0 Å². The van der Waals surface area contributed by atoms with Gasteiger partial charge in [-0.1, -0.05) is 54.6 Å². The van der Waals surface area contributed by atoms with Crippen LogP contribution in [0.15, 0.2) is 59.7 Å². The quantitative estimate of drug-likeness (QED) is 0.509. The molecule has 0 heterocycles. The van der Waals surface area contributed by atoms with Gasteiger partial charge < -0.3 is 5.73 Å². The number of rotatable bonds is 3. The summed E-state index contributed by atoms with van der Waals surface area (Å²) in [5, 5.41) is 3.83. The van der Waals surface area contributed by atoms with E-state index in [9.17, 15) is 9.59 Å². The highest BCUT2D eigenvalue weighted by molar-refractivity contribution is 6.34. The van der Waals surface area contributed by atoms with Crippen LogP contribution in [0.2, 0.25) is 0 Å². The first-order chi connectivity index (χ1) is 10.1. The molecule has 0 aliphatic heterocycles. The third-order valence-electron chi connectivity index (χ3n) is 2.96. The van der Waals surface area contributed by atoms with Gasteiger partial charge in [0.2, 0.25) is 0 Å². The average Bonchev–Trinajstić information content (AvgIpc) is 2.53. The van der Waals surface area contributed by atoms with Crippen molar-refractivity contribution >= 4 is 17.5 Å². The van der Waals surface area contributed by atoms with Crippen LogP contribution in [0.1, 0.15) is 12.5 Å². The smallest absolute Gasteiger partial charge is 0.329 e. The van der Waals surface area contributed by atoms with Crippen molar-refractivity contribution in [3.05, 3.63) is 60.2 Å². The van der Waals surface area contributed by atoms with E-state index >= 15 is 0 Å². The normalized spacial score (nSPS) is 11.0. The third kappa shape index (κ3) is 3.76. The van der Waals surface area contributed by atoms with Crippen molar-refractivity contribution in [2.45, 2.75) is 6.92 Å². The summed E-state index contributed by atoms with van der Waals surface area (Å²) in [4.78, 5) is 21.6. The average molecular weight is 281 g/mol. The van der Waals surface area contributed by atoms with E-state index < -0.39 is 11.8 Å². The van der Waals surface area contributed by atoms with Gasteiger partial charge in [0.15, 0.2) is 0 Å². The highest BCUT2D eigenvalue weighted by atomic mass is 16.2. The minimum atomic E-state index is -1.06. The summed E-state index contributed by atoms with van der Waals surface area (Å²) in [6, 6.07) is 17.7. The van der Waals surface area contributed by atoms with E-state index in [1.165, 1.54) is 0 Å². The summed E-state index contributed by atoms with van der Waals surface area (Å²) in [5.74, 6) is -2.00. The van der Waals surface area contributed by atoms with Gasteiger partial charge in [0.1, 0.15) is 0 Å². The van der Waals surface area contributed by atoms with Gasteiger partial charge in [-0.15, -0.1) is 0 Å². The Morgan fingerprint density at radius 2 is 1.52 bits per heavy atom. The Balaban J connectivity index is 2.13. The number of nitrogens with zero attached hydrogens (tertiary/aromatic N) is 1. The number of carbonyl (C=O) groups is 2. The molecule has 0 spiro atoms. The van der Waals surface area contributed by atoms with E-state index in [2.05, 4.69) is 10.5 Å². The number of benzene rings is 2. The van der Waals surface area contributed by atoms with Crippen LogP contribution in [0.5, 0.6) is 0 Å². The highest BCUT2D eigenvalue weighted by Gasteiger charge is 2.07. The Morgan fingerprint density at radius 3 is 2.10 bits per heavy atom. The first-order valence-corrected chi connectivity index (χ1v) is 6.38. The molecular weight excluding hydrogens is 266 g/mol. The molecule has 21 heavy (non-hydrogen) atoms. The number of hydrogen-bond acceptors (Lipinski definition) is 3. The molecule has 5 heteroatoms. The van der Waals surface area contributed by atoms with E-state index in [-0.39, 0.29) is 0 Å². The van der Waals surface area contributed by atoms with Crippen LogP contribution in [0, 0.1) is 0 Å². The first-order valence-electron chi connectivity index (χ1n) is 6.38. The van der Waals surface area contributed by atoms with Crippen LogP contribution < -0.4 is 11.2 Å². The van der Waals surface area contributed by atoms with Crippen LogP contribution in [0.25, 0.3) is 11.1 Å². The molecule has 0 bridgehead atoms. The van der Waals surface area contributed by atoms with Crippen molar-refractivity contribution in [2.24, 2.45) is 10.8 Å². The fourth-order valence-corrected chi connectivity index (χ4v) is 1.79. The van der Waals surface area contributed by atoms with Gasteiger partial charge in [0, 0.05) is 0 Å². The molecule has 0 unspecified atom stereocenters. The van der Waals surface area contributed by atoms with Crippen molar-refractivity contribution in [3.8, 4) is 11.1 Å². The molecule has 2 amide bonds. The lowest BCUT2D eigenvalue weighted by Gasteiger charge is -2.04. The zero-order chi connectivity index (χ0) is 15.2. The summed E-state index contributed by atoms with van der Waals surface area (Å²) in [5.41, 5.74) is 10.6. The van der Waals surface area contributed by atoms with Gasteiger partial charge >= 0.3 is 11.8 Å². The molecule has 0 fully saturated rings. The molecule has 0 aromatic heterocycles. The second-order valence-corrected chi connectivity index (χ2v) is 4.45. The standard InChI is InChI=1S/C16H15N3O2/c1-11(18-19-16(21)15(17)20)12-7-9-14(10-8-12)13-5-3-2-4-6-13/h2-10H,1H3,(H2,17,20)(H,19,21)/b18-11+. The van der Waals surface area contributed by atoms with Crippen LogP contribution in [-0.2, 0) is 9.59 Å². The highest BCUT2D eigenvalue weighted by Crippen LogP contribution is 2.19. The summed E-state index contributed by atoms with van der Waals surface area (Å²) in [7, 11) is 0. The fraction of sp³-hybridized carbons (Fsp3) is 0.0625. The van der Waals surface area contributed by atoms with Gasteiger partial charge in [-0.2, -0.15) is 5.10 Å². The van der Waals surface area contributed by atoms with E-state index in [0.29, 0.717) is 5.71 Å². The molecular formula is C16H15N3O2. The molecule has 2 aromatic rings. The number of amides is 2. The Hall–Kier alpha value is -2.95. The Labute approximate surface area is 122 Å². The molecule has 0 radical (unpaired) electrons. The minimum absolute atomic E-state index is 0.587. The summed E-state index contributed by atoms with van der Waals surface area (Å²) in [6.07, 6.45) is 0. The van der Waals surface area contributed by atoms with Gasteiger partial charge in [-0.05, 0) is 23.6 Å². The molecule has 106 valence electrons. The van der Waals surface area contributed by atoms with E-state index in [1.807, 2.05) is 54.6 Å². The molecule has 0 atom stereocenters. The van der Waals surface area contributed by atoms with Crippen molar-refractivity contribution in [3.63, 3.8) is 0 Å². The third-order valence-corrected chi connectivity index (χ3v) is 2.96. The summed E-state index contributed by atoms with van der Waals surface area (Å²) < 4.78 is 0. The molecule has 5 nitrogen and oxygen atoms in total. The predicted molar refractivity (Wildman–Crippen MR) is 81.4 cm³/mol. The van der Waals surface area contributed by atoms with Crippen molar-refractivity contribution in [1.82, 2.24) is 5.43 Å². The van der Waals surface area contributed by atoms with Gasteiger partial charge in [0.25, 0.3) is 0 Å². The molecule has 2 rings (SSSR count). The van der Waals surface area contributed by atoms with Crippen LogP contribution in [0.3, 0.4) is 0 Å². The van der Waals surface area contributed by atoms with Crippen molar-refractivity contribution < 1.29 is 9.59 Å². The number of nitrogens with one attached hydrogen (secondary N) is 1. The first kappa shape index (κ1) is 14.5. The maximum absolute atomic E-state index is 11.0. The Kier molecular flexibility index (Phi) is 4.46. The lowest BCUT2D eigenvalue weighted by Crippen LogP contribution is -2.33. The molecule has 0 saturated heterocycles. The largest absolute Gasteiger partial charge is 0.361 e. The second-order valence-electron chi connectivity index (χ2n) is 4.45. The van der Waals surface area contributed by atoms with Gasteiger partial charge in [-0.25, -0.2) is 5.43 Å². The minimum Gasteiger partial charge on any atom is -0.361 e. The zero-order valence-corrected chi connectivity index (χ0v) is 11.5. The Bertz CT molecular complexity index is 676. The van der Waals surface area contributed by atoms with Gasteiger partial charge in [-0.3, -0.25) is 9.59 Å². The number of hydrazone groups is 1. The SMILES string of the molecule is C/C(=N\NC(=O)C(N)=O)c1ccc(-c2ccccc2)cc1. The fourth-order valence-electron chi connectivity index (χ4n) is 1.79. The van der Waals surface area contributed by atoms with Crippen LogP contribution in [-0.4, -0.2) is 17.5 Å². The maximum atomic E-state index is 11.0. The molecule has 2 aromatic carbocycles. The number of nitrogens with two attached hydrogens (primary N) is 1. The maximum Gasteiger partial charge on any atom is 0.329 e. The number of carbonyl (C=O) groups excluding carboxylic acids is 2. The van der Waals surface area contributed by atoms with E-state index in [4.69, 9.17) is 5.73 Å². The zero-order valence-electron chi connectivity index (χ0n) is 11.5. The summed E-state index contributed by atoms with van der Waals surface area (Å²) >= 11 is 0. The van der Waals surface area contributed by atoms with E-state index in [1.54, 1.807) is 6.92 Å². The number of primary amides is 1. The van der Waals surface area contributed by atoms with E-state index in [0.717, 1.165) is 16.7 Å². The van der Waals surface area contributed by atoms with Crippen LogP contribution >= 0.6 is 0 Å². The Morgan fingerprint density at radius 1 is 0.952 bits per heavy atom. The lowest BCUT2D eigenvalue weighted by atomic mass is 10.0. The lowest BCUT2D eigenvalue weighted by molar-refractivity contribution is -0.137. The molecule has 0 aliphatic rings. The molecule has 0 aliphatic carbocycles. The molecule has 3 N–H and O–H groups in total. The number of hydrogen-bond donors (Lipinski definition) is 2. The predicted octanol–water partition coefficient (Wildman–Crippen LogP) is 1.68. The van der Waals surface area contributed by atoms with Crippen molar-refractivity contribution in [1.29, 1.82) is 0 Å². The topological polar surface area (TPSA) is 84.6 Å². The second kappa shape index (κ2) is 6.47. The van der Waals surface area contributed by atoms with Gasteiger partial charge in [0.05, 0.1) is 5.71 Å². The monoisotopic (exact) mass is 281 g/mol.